The molecule has 1 amide bonds. The van der Waals surface area contributed by atoms with Crippen LogP contribution in [0.1, 0.15) is 16.1 Å². The average Bonchev–Trinajstić information content (AvgIpc) is 3.50. The Kier molecular flexibility index (Phi) is 5.71. The van der Waals surface area contributed by atoms with Crippen LogP contribution in [0, 0.1) is 0 Å². The Balaban J connectivity index is 1.48. The number of benzene rings is 1. The van der Waals surface area contributed by atoms with E-state index in [9.17, 15) is 4.79 Å². The van der Waals surface area contributed by atoms with Gasteiger partial charge in [0.15, 0.2) is 11.5 Å². The number of amides is 1. The van der Waals surface area contributed by atoms with Crippen molar-refractivity contribution in [2.24, 2.45) is 0 Å². The molecule has 8 nitrogen and oxygen atoms in total. The van der Waals surface area contributed by atoms with E-state index in [1.54, 1.807) is 42.9 Å². The summed E-state index contributed by atoms with van der Waals surface area (Å²) in [5, 5.41) is 5.37. The van der Waals surface area contributed by atoms with E-state index in [0.717, 1.165) is 22.0 Å². The third-order valence-corrected chi connectivity index (χ3v) is 5.31. The molecule has 0 fully saturated rings. The smallest absolute Gasteiger partial charge is 0.271 e. The van der Waals surface area contributed by atoms with Crippen LogP contribution in [0.25, 0.3) is 16.4 Å². The van der Waals surface area contributed by atoms with Crippen molar-refractivity contribution in [1.82, 2.24) is 24.8 Å². The molecule has 0 spiro atoms. The van der Waals surface area contributed by atoms with Crippen LogP contribution in [0.3, 0.4) is 0 Å². The first-order chi connectivity index (χ1) is 14.7. The van der Waals surface area contributed by atoms with Crippen LogP contribution in [-0.2, 0) is 6.54 Å². The van der Waals surface area contributed by atoms with E-state index in [1.807, 2.05) is 36.5 Å². The molecule has 0 aliphatic carbocycles. The van der Waals surface area contributed by atoms with Crippen molar-refractivity contribution >= 4 is 17.2 Å². The van der Waals surface area contributed by atoms with Gasteiger partial charge >= 0.3 is 0 Å². The number of ether oxygens (including phenoxy) is 2. The maximum atomic E-state index is 12.6. The molecule has 1 aromatic carbocycles. The maximum Gasteiger partial charge on any atom is 0.271 e. The van der Waals surface area contributed by atoms with Crippen LogP contribution < -0.4 is 14.8 Å². The number of aromatic nitrogens is 4. The van der Waals surface area contributed by atoms with Crippen LogP contribution in [0.5, 0.6) is 11.5 Å². The Morgan fingerprint density at radius 3 is 2.80 bits per heavy atom. The minimum absolute atomic E-state index is 0.251. The van der Waals surface area contributed by atoms with Crippen LogP contribution in [0.15, 0.2) is 60.6 Å². The highest BCUT2D eigenvalue weighted by Gasteiger charge is 2.14. The number of nitrogens with one attached hydrogen (secondary N) is 1. The van der Waals surface area contributed by atoms with E-state index >= 15 is 0 Å². The molecule has 0 atom stereocenters. The van der Waals surface area contributed by atoms with Gasteiger partial charge in [0, 0.05) is 41.6 Å². The van der Waals surface area contributed by atoms with E-state index in [-0.39, 0.29) is 5.91 Å². The van der Waals surface area contributed by atoms with Crippen LogP contribution >= 0.6 is 11.3 Å². The fourth-order valence-electron chi connectivity index (χ4n) is 2.93. The SMILES string of the molecule is COc1ccc(-c2nc(C(=O)NCc3cccnc3-n3ccnc3)cs2)cc1OC. The average molecular weight is 421 g/mol. The minimum atomic E-state index is -0.251. The van der Waals surface area contributed by atoms with Gasteiger partial charge in [-0.3, -0.25) is 9.36 Å². The lowest BCUT2D eigenvalue weighted by Gasteiger charge is -2.09. The summed E-state index contributed by atoms with van der Waals surface area (Å²) in [7, 11) is 3.17. The van der Waals surface area contributed by atoms with E-state index in [1.165, 1.54) is 11.3 Å². The van der Waals surface area contributed by atoms with Gasteiger partial charge in [-0.2, -0.15) is 0 Å². The summed E-state index contributed by atoms with van der Waals surface area (Å²) in [4.78, 5) is 25.5. The van der Waals surface area contributed by atoms with Gasteiger partial charge in [-0.25, -0.2) is 15.0 Å². The maximum absolute atomic E-state index is 12.6. The Morgan fingerprint density at radius 1 is 1.17 bits per heavy atom. The molecule has 0 unspecified atom stereocenters. The molecular weight excluding hydrogens is 402 g/mol. The van der Waals surface area contributed by atoms with E-state index < -0.39 is 0 Å². The van der Waals surface area contributed by atoms with E-state index in [0.29, 0.717) is 23.7 Å². The number of hydrogen-bond acceptors (Lipinski definition) is 7. The Morgan fingerprint density at radius 2 is 2.03 bits per heavy atom. The van der Waals surface area contributed by atoms with Crippen molar-refractivity contribution in [2.75, 3.05) is 14.2 Å². The van der Waals surface area contributed by atoms with Crippen molar-refractivity contribution in [2.45, 2.75) is 6.54 Å². The molecule has 30 heavy (non-hydrogen) atoms. The number of methoxy groups -OCH3 is 2. The van der Waals surface area contributed by atoms with Gasteiger partial charge in [-0.15, -0.1) is 11.3 Å². The first kappa shape index (κ1) is 19.6. The predicted octanol–water partition coefficient (Wildman–Crippen LogP) is 3.34. The lowest BCUT2D eigenvalue weighted by molar-refractivity contribution is 0.0946. The molecule has 9 heteroatoms. The van der Waals surface area contributed by atoms with Crippen molar-refractivity contribution in [1.29, 1.82) is 0 Å². The third-order valence-electron chi connectivity index (χ3n) is 4.42. The fraction of sp³-hybridized carbons (Fsp3) is 0.143. The topological polar surface area (TPSA) is 91.2 Å². The van der Waals surface area contributed by atoms with Gasteiger partial charge in [0.2, 0.25) is 0 Å². The molecular formula is C21H19N5O3S. The highest BCUT2D eigenvalue weighted by Crippen LogP contribution is 2.33. The lowest BCUT2D eigenvalue weighted by atomic mass is 10.2. The van der Waals surface area contributed by atoms with Crippen molar-refractivity contribution in [3.05, 3.63) is 71.9 Å². The summed E-state index contributed by atoms with van der Waals surface area (Å²) in [5.41, 5.74) is 2.09. The van der Waals surface area contributed by atoms with Crippen LogP contribution in [0.2, 0.25) is 0 Å². The zero-order valence-corrected chi connectivity index (χ0v) is 17.2. The first-order valence-corrected chi connectivity index (χ1v) is 9.96. The van der Waals surface area contributed by atoms with Gasteiger partial charge in [0.25, 0.3) is 5.91 Å². The van der Waals surface area contributed by atoms with Gasteiger partial charge in [-0.05, 0) is 24.3 Å². The summed E-state index contributed by atoms with van der Waals surface area (Å²) in [5.74, 6) is 1.72. The second-order valence-corrected chi connectivity index (χ2v) is 7.10. The normalized spacial score (nSPS) is 10.6. The lowest BCUT2D eigenvalue weighted by Crippen LogP contribution is -2.24. The van der Waals surface area contributed by atoms with Crippen LogP contribution in [0.4, 0.5) is 0 Å². The quantitative estimate of drug-likeness (QED) is 0.492. The Labute approximate surface area is 177 Å². The number of nitrogens with zero attached hydrogens (tertiary/aromatic N) is 4. The minimum Gasteiger partial charge on any atom is -0.493 e. The monoisotopic (exact) mass is 421 g/mol. The predicted molar refractivity (Wildman–Crippen MR) is 113 cm³/mol. The molecule has 0 saturated heterocycles. The summed E-state index contributed by atoms with van der Waals surface area (Å²) < 4.78 is 12.4. The molecule has 4 rings (SSSR count). The second kappa shape index (κ2) is 8.75. The Bertz CT molecular complexity index is 1160. The van der Waals surface area contributed by atoms with Gasteiger partial charge < -0.3 is 14.8 Å². The molecule has 0 radical (unpaired) electrons. The Hall–Kier alpha value is -3.72. The van der Waals surface area contributed by atoms with E-state index in [4.69, 9.17) is 9.47 Å². The second-order valence-electron chi connectivity index (χ2n) is 6.25. The number of thiazole rings is 1. The number of imidazole rings is 1. The summed E-state index contributed by atoms with van der Waals surface area (Å²) in [6.07, 6.45) is 6.87. The fourth-order valence-corrected chi connectivity index (χ4v) is 3.73. The molecule has 0 bridgehead atoms. The van der Waals surface area contributed by atoms with Gasteiger partial charge in [0.05, 0.1) is 14.2 Å². The largest absolute Gasteiger partial charge is 0.493 e. The number of rotatable bonds is 7. The molecule has 4 aromatic rings. The molecule has 3 aromatic heterocycles. The molecule has 152 valence electrons. The number of carbonyl (C=O) groups excluding carboxylic acids is 1. The highest BCUT2D eigenvalue weighted by molar-refractivity contribution is 7.13. The molecule has 3 heterocycles. The van der Waals surface area contributed by atoms with Crippen molar-refractivity contribution in [3.63, 3.8) is 0 Å². The third kappa shape index (κ3) is 4.01. The first-order valence-electron chi connectivity index (χ1n) is 9.08. The van der Waals surface area contributed by atoms with Crippen molar-refractivity contribution in [3.8, 4) is 27.9 Å². The molecule has 0 aliphatic heterocycles. The van der Waals surface area contributed by atoms with Crippen molar-refractivity contribution < 1.29 is 14.3 Å². The zero-order valence-electron chi connectivity index (χ0n) is 16.4. The standard InChI is InChI=1S/C21H19N5O3S/c1-28-17-6-5-14(10-18(17)29-2)21-25-16(12-30-21)20(27)24-11-15-4-3-7-23-19(15)26-9-8-22-13-26/h3-10,12-13H,11H2,1-2H3,(H,24,27). The molecule has 0 saturated carbocycles. The number of pyridine rings is 1. The summed E-state index contributed by atoms with van der Waals surface area (Å²) in [6.45, 7) is 0.323. The van der Waals surface area contributed by atoms with Gasteiger partial charge in [0.1, 0.15) is 22.8 Å². The van der Waals surface area contributed by atoms with Gasteiger partial charge in [-0.1, -0.05) is 6.07 Å². The van der Waals surface area contributed by atoms with E-state index in [2.05, 4.69) is 20.3 Å². The highest BCUT2D eigenvalue weighted by atomic mass is 32.1. The molecule has 0 aliphatic rings. The molecule has 1 N–H and O–H groups in total. The summed E-state index contributed by atoms with van der Waals surface area (Å²) in [6, 6.07) is 9.29. The number of carbonyl (C=O) groups is 1. The number of hydrogen-bond donors (Lipinski definition) is 1. The summed E-state index contributed by atoms with van der Waals surface area (Å²) >= 11 is 1.39. The zero-order chi connectivity index (χ0) is 20.9. The van der Waals surface area contributed by atoms with Crippen LogP contribution in [-0.4, -0.2) is 39.6 Å².